The zero-order chi connectivity index (χ0) is 12.1. The summed E-state index contributed by atoms with van der Waals surface area (Å²) in [6.45, 7) is 2.65. The van der Waals surface area contributed by atoms with Gasteiger partial charge in [-0.15, -0.1) is 0 Å². The summed E-state index contributed by atoms with van der Waals surface area (Å²) in [6.07, 6.45) is 0.990. The van der Waals surface area contributed by atoms with E-state index in [0.717, 1.165) is 25.3 Å². The lowest BCUT2D eigenvalue weighted by molar-refractivity contribution is 0.171. The summed E-state index contributed by atoms with van der Waals surface area (Å²) >= 11 is 0. The molecule has 0 aromatic heterocycles. The van der Waals surface area contributed by atoms with Crippen LogP contribution in [-0.2, 0) is 0 Å². The van der Waals surface area contributed by atoms with Gasteiger partial charge in [-0.25, -0.2) is 4.79 Å². The summed E-state index contributed by atoms with van der Waals surface area (Å²) in [5, 5.41) is 2.80. The van der Waals surface area contributed by atoms with Crippen LogP contribution in [0.1, 0.15) is 6.42 Å². The topological polar surface area (TPSA) is 67.6 Å². The molecular weight excluding hydrogens is 218 g/mol. The molecule has 2 rings (SSSR count). The van der Waals surface area contributed by atoms with E-state index in [-0.39, 0.29) is 6.03 Å². The fraction of sp³-hybridized carbons (Fsp3) is 0.417. The number of hydrogen-bond donors (Lipinski definition) is 2. The van der Waals surface area contributed by atoms with Crippen molar-refractivity contribution in [2.75, 3.05) is 32.0 Å². The number of hydrogen-bond acceptors (Lipinski definition) is 3. The number of rotatable bonds is 4. The van der Waals surface area contributed by atoms with Crippen LogP contribution in [0.4, 0.5) is 10.5 Å². The third kappa shape index (κ3) is 3.27. The number of nitrogens with zero attached hydrogens (tertiary/aromatic N) is 1. The minimum atomic E-state index is -0.00701. The molecule has 0 saturated carbocycles. The van der Waals surface area contributed by atoms with Crippen LogP contribution >= 0.6 is 0 Å². The molecular formula is C12H17N3O2. The Balaban J connectivity index is 1.77. The Morgan fingerprint density at radius 3 is 3.12 bits per heavy atom. The fourth-order valence-corrected chi connectivity index (χ4v) is 1.77. The Hall–Kier alpha value is -1.91. The first-order valence-electron chi connectivity index (χ1n) is 5.77. The van der Waals surface area contributed by atoms with E-state index in [1.54, 1.807) is 11.0 Å². The predicted octanol–water partition coefficient (Wildman–Crippen LogP) is 1.06. The highest BCUT2D eigenvalue weighted by atomic mass is 16.5. The van der Waals surface area contributed by atoms with Gasteiger partial charge < -0.3 is 20.7 Å². The standard InChI is InChI=1S/C12H17N3O2/c13-10-3-1-4-11(9-10)17-8-7-15-6-2-5-14-12(15)16/h1,3-4,9H,2,5-8,13H2,(H,14,16). The molecule has 0 atom stereocenters. The van der Waals surface area contributed by atoms with Crippen LogP contribution in [-0.4, -0.2) is 37.2 Å². The van der Waals surface area contributed by atoms with Crippen molar-refractivity contribution in [2.45, 2.75) is 6.42 Å². The summed E-state index contributed by atoms with van der Waals surface area (Å²) in [5.41, 5.74) is 6.32. The summed E-state index contributed by atoms with van der Waals surface area (Å²) in [7, 11) is 0. The second-order valence-electron chi connectivity index (χ2n) is 3.99. The minimum absolute atomic E-state index is 0.00701. The molecule has 1 aromatic rings. The van der Waals surface area contributed by atoms with Crippen molar-refractivity contribution in [3.63, 3.8) is 0 Å². The monoisotopic (exact) mass is 235 g/mol. The van der Waals surface area contributed by atoms with Crippen LogP contribution in [0.15, 0.2) is 24.3 Å². The first-order valence-corrected chi connectivity index (χ1v) is 5.77. The Morgan fingerprint density at radius 2 is 2.35 bits per heavy atom. The normalized spacial score (nSPS) is 15.5. The Bertz CT molecular complexity index is 395. The summed E-state index contributed by atoms with van der Waals surface area (Å²) in [4.78, 5) is 13.2. The van der Waals surface area contributed by atoms with Crippen molar-refractivity contribution in [3.05, 3.63) is 24.3 Å². The van der Waals surface area contributed by atoms with Crippen molar-refractivity contribution >= 4 is 11.7 Å². The van der Waals surface area contributed by atoms with Crippen molar-refractivity contribution in [2.24, 2.45) is 0 Å². The van der Waals surface area contributed by atoms with Crippen molar-refractivity contribution in [1.29, 1.82) is 0 Å². The number of amides is 2. The minimum Gasteiger partial charge on any atom is -0.492 e. The second kappa shape index (κ2) is 5.43. The number of ether oxygens (including phenoxy) is 1. The van der Waals surface area contributed by atoms with Gasteiger partial charge in [0.1, 0.15) is 12.4 Å². The highest BCUT2D eigenvalue weighted by molar-refractivity contribution is 5.74. The predicted molar refractivity (Wildman–Crippen MR) is 65.9 cm³/mol. The summed E-state index contributed by atoms with van der Waals surface area (Å²) < 4.78 is 5.54. The lowest BCUT2D eigenvalue weighted by Gasteiger charge is -2.27. The average molecular weight is 235 g/mol. The zero-order valence-electron chi connectivity index (χ0n) is 9.69. The third-order valence-electron chi connectivity index (χ3n) is 2.66. The molecule has 0 spiro atoms. The van der Waals surface area contributed by atoms with Gasteiger partial charge >= 0.3 is 6.03 Å². The fourth-order valence-electron chi connectivity index (χ4n) is 1.77. The number of benzene rings is 1. The molecule has 1 heterocycles. The number of nitrogen functional groups attached to an aromatic ring is 1. The van der Waals surface area contributed by atoms with Crippen LogP contribution in [0.25, 0.3) is 0 Å². The Labute approximate surface area is 101 Å². The maximum Gasteiger partial charge on any atom is 0.317 e. The third-order valence-corrected chi connectivity index (χ3v) is 2.66. The van der Waals surface area contributed by atoms with E-state index < -0.39 is 0 Å². The smallest absolute Gasteiger partial charge is 0.317 e. The second-order valence-corrected chi connectivity index (χ2v) is 3.99. The number of carbonyl (C=O) groups is 1. The quantitative estimate of drug-likeness (QED) is 0.767. The first kappa shape index (κ1) is 11.6. The maximum atomic E-state index is 11.4. The molecule has 0 unspecified atom stereocenters. The molecule has 17 heavy (non-hydrogen) atoms. The van der Waals surface area contributed by atoms with Gasteiger partial charge in [0.05, 0.1) is 6.54 Å². The Morgan fingerprint density at radius 1 is 1.47 bits per heavy atom. The van der Waals surface area contributed by atoms with E-state index >= 15 is 0 Å². The van der Waals surface area contributed by atoms with Gasteiger partial charge in [0.25, 0.3) is 0 Å². The zero-order valence-corrected chi connectivity index (χ0v) is 9.69. The lowest BCUT2D eigenvalue weighted by Crippen LogP contribution is -2.47. The Kier molecular flexibility index (Phi) is 3.69. The largest absolute Gasteiger partial charge is 0.492 e. The number of carbonyl (C=O) groups excluding carboxylic acids is 1. The molecule has 1 aliphatic rings. The maximum absolute atomic E-state index is 11.4. The van der Waals surface area contributed by atoms with Gasteiger partial charge in [-0.05, 0) is 18.6 Å². The van der Waals surface area contributed by atoms with E-state index in [0.29, 0.717) is 18.8 Å². The molecule has 5 nitrogen and oxygen atoms in total. The molecule has 3 N–H and O–H groups in total. The van der Waals surface area contributed by atoms with Gasteiger partial charge in [-0.1, -0.05) is 6.07 Å². The molecule has 1 fully saturated rings. The number of urea groups is 1. The van der Waals surface area contributed by atoms with Gasteiger partial charge in [0.2, 0.25) is 0 Å². The van der Waals surface area contributed by atoms with Gasteiger partial charge in [0, 0.05) is 24.8 Å². The molecule has 1 aliphatic heterocycles. The van der Waals surface area contributed by atoms with Crippen molar-refractivity contribution in [3.8, 4) is 5.75 Å². The van der Waals surface area contributed by atoms with Gasteiger partial charge in [0.15, 0.2) is 0 Å². The molecule has 2 amide bonds. The van der Waals surface area contributed by atoms with Gasteiger partial charge in [-0.2, -0.15) is 0 Å². The lowest BCUT2D eigenvalue weighted by atomic mass is 10.3. The SMILES string of the molecule is Nc1cccc(OCCN2CCCNC2=O)c1. The van der Waals surface area contributed by atoms with E-state index in [2.05, 4.69) is 5.32 Å². The molecule has 0 aliphatic carbocycles. The average Bonchev–Trinajstić information content (AvgIpc) is 2.32. The van der Waals surface area contributed by atoms with Crippen LogP contribution in [0.3, 0.4) is 0 Å². The molecule has 0 radical (unpaired) electrons. The molecule has 1 aromatic carbocycles. The van der Waals surface area contributed by atoms with Crippen molar-refractivity contribution < 1.29 is 9.53 Å². The number of nitrogens with one attached hydrogen (secondary N) is 1. The van der Waals surface area contributed by atoms with E-state index in [1.807, 2.05) is 18.2 Å². The van der Waals surface area contributed by atoms with Crippen LogP contribution < -0.4 is 15.8 Å². The van der Waals surface area contributed by atoms with E-state index in [9.17, 15) is 4.79 Å². The summed E-state index contributed by atoms with van der Waals surface area (Å²) in [5.74, 6) is 0.738. The van der Waals surface area contributed by atoms with Gasteiger partial charge in [-0.3, -0.25) is 0 Å². The van der Waals surface area contributed by atoms with Crippen LogP contribution in [0, 0.1) is 0 Å². The van der Waals surface area contributed by atoms with E-state index in [1.165, 1.54) is 0 Å². The summed E-state index contributed by atoms with van der Waals surface area (Å²) in [6, 6.07) is 7.28. The molecule has 92 valence electrons. The molecule has 5 heteroatoms. The number of anilines is 1. The van der Waals surface area contributed by atoms with Crippen molar-refractivity contribution in [1.82, 2.24) is 10.2 Å². The number of nitrogens with two attached hydrogens (primary N) is 1. The highest BCUT2D eigenvalue weighted by Gasteiger charge is 2.16. The van der Waals surface area contributed by atoms with Crippen LogP contribution in [0.2, 0.25) is 0 Å². The molecule has 0 bridgehead atoms. The first-order chi connectivity index (χ1) is 8.25. The highest BCUT2D eigenvalue weighted by Crippen LogP contribution is 2.14. The molecule has 1 saturated heterocycles. The van der Waals surface area contributed by atoms with Crippen LogP contribution in [0.5, 0.6) is 5.75 Å². The van der Waals surface area contributed by atoms with E-state index in [4.69, 9.17) is 10.5 Å².